The highest BCUT2D eigenvalue weighted by Crippen LogP contribution is 2.28. The van der Waals surface area contributed by atoms with E-state index in [0.717, 1.165) is 29.5 Å². The molecule has 0 saturated carbocycles. The molecule has 1 heterocycles. The molecule has 2 N–H and O–H groups in total. The Morgan fingerprint density at radius 2 is 1.89 bits per heavy atom. The lowest BCUT2D eigenvalue weighted by atomic mass is 9.94. The zero-order valence-corrected chi connectivity index (χ0v) is 12.2. The normalized spacial score (nSPS) is 16.8. The molecule has 1 atom stereocenters. The number of benzene rings is 2. The summed E-state index contributed by atoms with van der Waals surface area (Å²) in [6.07, 6.45) is 3.92. The maximum absolute atomic E-state index is 6.33. The quantitative estimate of drug-likeness (QED) is 0.896. The molecule has 2 nitrogen and oxygen atoms in total. The van der Waals surface area contributed by atoms with Gasteiger partial charge in [0, 0.05) is 4.47 Å². The van der Waals surface area contributed by atoms with Gasteiger partial charge in [0.25, 0.3) is 0 Å². The Morgan fingerprint density at radius 3 is 2.68 bits per heavy atom. The minimum absolute atomic E-state index is 0.0617. The van der Waals surface area contributed by atoms with Gasteiger partial charge in [0.15, 0.2) is 0 Å². The molecule has 1 aliphatic heterocycles. The highest BCUT2D eigenvalue weighted by molar-refractivity contribution is 9.10. The number of nitrogens with two attached hydrogens (primary N) is 1. The second-order valence-corrected chi connectivity index (χ2v) is 5.81. The summed E-state index contributed by atoms with van der Waals surface area (Å²) in [5.41, 5.74) is 8.66. The fourth-order valence-electron chi connectivity index (χ4n) is 2.46. The number of rotatable bonds is 2. The van der Waals surface area contributed by atoms with E-state index in [0.29, 0.717) is 0 Å². The fraction of sp³-hybridized carbons (Fsp3) is 0.250. The Labute approximate surface area is 121 Å². The molecule has 0 bridgehead atoms. The van der Waals surface area contributed by atoms with Gasteiger partial charge in [-0.1, -0.05) is 34.1 Å². The van der Waals surface area contributed by atoms with E-state index < -0.39 is 0 Å². The number of halogens is 1. The summed E-state index contributed by atoms with van der Waals surface area (Å²) in [4.78, 5) is 0. The molecule has 98 valence electrons. The van der Waals surface area contributed by atoms with Gasteiger partial charge in [0.1, 0.15) is 0 Å². The molecule has 0 spiro atoms. The van der Waals surface area contributed by atoms with E-state index in [1.807, 2.05) is 6.26 Å². The molecule has 2 aromatic carbocycles. The third-order valence-electron chi connectivity index (χ3n) is 3.55. The van der Waals surface area contributed by atoms with E-state index in [2.05, 4.69) is 52.3 Å². The van der Waals surface area contributed by atoms with Gasteiger partial charge < -0.3 is 10.5 Å². The first kappa shape index (κ1) is 12.7. The SMILES string of the molecule is NC(C1=COCCC1)c1ccc2cc(Br)ccc2c1. The average Bonchev–Trinajstić information content (AvgIpc) is 2.47. The summed E-state index contributed by atoms with van der Waals surface area (Å²) in [5.74, 6) is 0. The van der Waals surface area contributed by atoms with Crippen LogP contribution in [0.3, 0.4) is 0 Å². The van der Waals surface area contributed by atoms with Crippen LogP contribution < -0.4 is 5.73 Å². The molecule has 1 unspecified atom stereocenters. The summed E-state index contributed by atoms with van der Waals surface area (Å²) >= 11 is 3.49. The van der Waals surface area contributed by atoms with Crippen LogP contribution in [0.1, 0.15) is 24.4 Å². The van der Waals surface area contributed by atoms with Crippen LogP contribution >= 0.6 is 15.9 Å². The summed E-state index contributed by atoms with van der Waals surface area (Å²) in [7, 11) is 0. The van der Waals surface area contributed by atoms with Crippen molar-refractivity contribution in [2.45, 2.75) is 18.9 Å². The Hall–Kier alpha value is -1.32. The third-order valence-corrected chi connectivity index (χ3v) is 4.04. The summed E-state index contributed by atoms with van der Waals surface area (Å²) in [6, 6.07) is 12.6. The van der Waals surface area contributed by atoms with E-state index in [-0.39, 0.29) is 6.04 Å². The number of fused-ring (bicyclic) bond motifs is 1. The predicted octanol–water partition coefficient (Wildman–Crippen LogP) is 4.30. The van der Waals surface area contributed by atoms with Crippen molar-refractivity contribution in [2.75, 3.05) is 6.61 Å². The summed E-state index contributed by atoms with van der Waals surface area (Å²) in [6.45, 7) is 0.808. The zero-order chi connectivity index (χ0) is 13.2. The van der Waals surface area contributed by atoms with E-state index in [4.69, 9.17) is 10.5 Å². The third kappa shape index (κ3) is 2.67. The molecule has 0 saturated heterocycles. The maximum atomic E-state index is 6.33. The molecule has 3 rings (SSSR count). The lowest BCUT2D eigenvalue weighted by Crippen LogP contribution is -2.16. The first-order chi connectivity index (χ1) is 9.24. The van der Waals surface area contributed by atoms with Crippen LogP contribution in [0.25, 0.3) is 10.8 Å². The van der Waals surface area contributed by atoms with E-state index in [9.17, 15) is 0 Å². The topological polar surface area (TPSA) is 35.2 Å². The van der Waals surface area contributed by atoms with Crippen LogP contribution in [-0.2, 0) is 4.74 Å². The maximum Gasteiger partial charge on any atom is 0.0876 e. The van der Waals surface area contributed by atoms with Crippen molar-refractivity contribution in [1.29, 1.82) is 0 Å². The van der Waals surface area contributed by atoms with Gasteiger partial charge in [0.2, 0.25) is 0 Å². The van der Waals surface area contributed by atoms with Crippen molar-refractivity contribution < 1.29 is 4.74 Å². The zero-order valence-electron chi connectivity index (χ0n) is 10.6. The fourth-order valence-corrected chi connectivity index (χ4v) is 2.83. The van der Waals surface area contributed by atoms with Gasteiger partial charge in [-0.3, -0.25) is 0 Å². The van der Waals surface area contributed by atoms with Crippen LogP contribution in [0.15, 0.2) is 52.7 Å². The van der Waals surface area contributed by atoms with Crippen LogP contribution in [0.4, 0.5) is 0 Å². The Morgan fingerprint density at radius 1 is 1.11 bits per heavy atom. The van der Waals surface area contributed by atoms with Crippen LogP contribution in [0.2, 0.25) is 0 Å². The molecule has 2 aromatic rings. The minimum atomic E-state index is -0.0617. The van der Waals surface area contributed by atoms with Crippen LogP contribution in [0.5, 0.6) is 0 Å². The first-order valence-corrected chi connectivity index (χ1v) is 7.29. The van der Waals surface area contributed by atoms with E-state index >= 15 is 0 Å². The molecule has 0 radical (unpaired) electrons. The summed E-state index contributed by atoms with van der Waals surface area (Å²) in [5, 5.41) is 2.44. The van der Waals surface area contributed by atoms with Crippen molar-refractivity contribution in [3.63, 3.8) is 0 Å². The highest BCUT2D eigenvalue weighted by atomic mass is 79.9. The minimum Gasteiger partial charge on any atom is -0.501 e. The van der Waals surface area contributed by atoms with Gasteiger partial charge in [-0.2, -0.15) is 0 Å². The van der Waals surface area contributed by atoms with Gasteiger partial charge in [-0.05, 0) is 52.9 Å². The largest absolute Gasteiger partial charge is 0.501 e. The van der Waals surface area contributed by atoms with Crippen molar-refractivity contribution in [3.05, 3.63) is 58.3 Å². The molecule has 0 amide bonds. The first-order valence-electron chi connectivity index (χ1n) is 6.49. The highest BCUT2D eigenvalue weighted by Gasteiger charge is 2.15. The van der Waals surface area contributed by atoms with Crippen LogP contribution in [-0.4, -0.2) is 6.61 Å². The van der Waals surface area contributed by atoms with Crippen molar-refractivity contribution in [1.82, 2.24) is 0 Å². The second kappa shape index (κ2) is 5.35. The Kier molecular flexibility index (Phi) is 3.58. The molecular weight excluding hydrogens is 302 g/mol. The molecule has 0 aliphatic carbocycles. The average molecular weight is 318 g/mol. The smallest absolute Gasteiger partial charge is 0.0876 e. The number of hydrogen-bond donors (Lipinski definition) is 1. The van der Waals surface area contributed by atoms with Crippen molar-refractivity contribution in [2.24, 2.45) is 5.73 Å². The molecule has 0 aromatic heterocycles. The van der Waals surface area contributed by atoms with Crippen molar-refractivity contribution >= 4 is 26.7 Å². The second-order valence-electron chi connectivity index (χ2n) is 4.90. The van der Waals surface area contributed by atoms with Gasteiger partial charge in [-0.25, -0.2) is 0 Å². The number of hydrogen-bond acceptors (Lipinski definition) is 2. The van der Waals surface area contributed by atoms with Gasteiger partial charge in [-0.15, -0.1) is 0 Å². The number of ether oxygens (including phenoxy) is 1. The monoisotopic (exact) mass is 317 g/mol. The van der Waals surface area contributed by atoms with E-state index in [1.165, 1.54) is 16.3 Å². The van der Waals surface area contributed by atoms with Gasteiger partial charge in [0.05, 0.1) is 18.9 Å². The Bertz CT molecular complexity index is 636. The molecule has 19 heavy (non-hydrogen) atoms. The lowest BCUT2D eigenvalue weighted by molar-refractivity contribution is 0.221. The van der Waals surface area contributed by atoms with Crippen molar-refractivity contribution in [3.8, 4) is 0 Å². The molecular formula is C16H16BrNO. The molecule has 3 heteroatoms. The predicted molar refractivity (Wildman–Crippen MR) is 81.8 cm³/mol. The molecule has 0 fully saturated rings. The summed E-state index contributed by atoms with van der Waals surface area (Å²) < 4.78 is 6.48. The lowest BCUT2D eigenvalue weighted by Gasteiger charge is -2.20. The molecule has 1 aliphatic rings. The van der Waals surface area contributed by atoms with Gasteiger partial charge >= 0.3 is 0 Å². The standard InChI is InChI=1S/C16H16BrNO/c17-15-6-5-11-8-13(4-3-12(11)9-15)16(18)14-2-1-7-19-10-14/h3-6,8-10,16H,1-2,7,18H2. The van der Waals surface area contributed by atoms with E-state index in [1.54, 1.807) is 0 Å². The van der Waals surface area contributed by atoms with Crippen LogP contribution in [0, 0.1) is 0 Å². The Balaban J connectivity index is 1.96.